The van der Waals surface area contributed by atoms with Crippen molar-refractivity contribution in [3.05, 3.63) is 521 Å². The van der Waals surface area contributed by atoms with Crippen LogP contribution < -0.4 is 29.4 Å². The summed E-state index contributed by atoms with van der Waals surface area (Å²) in [6.07, 6.45) is 12.7. The van der Waals surface area contributed by atoms with Gasteiger partial charge in [0.2, 0.25) is 0 Å². The summed E-state index contributed by atoms with van der Waals surface area (Å²) in [7, 11) is 0. The van der Waals surface area contributed by atoms with Gasteiger partial charge in [0.15, 0.2) is 17.5 Å². The Labute approximate surface area is 872 Å². The molecule has 148 heavy (non-hydrogen) atoms. The van der Waals surface area contributed by atoms with Gasteiger partial charge in [0.1, 0.15) is 0 Å². The van der Waals surface area contributed by atoms with Gasteiger partial charge in [-0.1, -0.05) is 362 Å². The zero-order valence-corrected chi connectivity index (χ0v) is 86.5. The Kier molecular flexibility index (Phi) is 21.5. The molecule has 0 amide bonds. The van der Waals surface area contributed by atoms with Crippen molar-refractivity contribution in [3.63, 3.8) is 0 Å². The van der Waals surface area contributed by atoms with Crippen molar-refractivity contribution in [1.29, 1.82) is 0 Å². The minimum atomic E-state index is -0.483. The minimum Gasteiger partial charge on any atom is -0.310 e. The van der Waals surface area contributed by atoms with Gasteiger partial charge < -0.3 is 29.4 Å². The van der Waals surface area contributed by atoms with E-state index in [-0.39, 0.29) is 57.2 Å². The van der Waals surface area contributed by atoms with Crippen LogP contribution in [0.3, 0.4) is 0 Å². The molecule has 9 nitrogen and oxygen atoms in total. The van der Waals surface area contributed by atoms with Gasteiger partial charge in [-0.2, -0.15) is 0 Å². The summed E-state index contributed by atoms with van der Waals surface area (Å²) in [5.74, 6) is 3.20. The molecule has 6 aliphatic heterocycles. The van der Waals surface area contributed by atoms with Crippen LogP contribution in [0, 0.1) is 23.7 Å². The highest BCUT2D eigenvalue weighted by Crippen LogP contribution is 2.65. The lowest BCUT2D eigenvalue weighted by Gasteiger charge is -2.45. The van der Waals surface area contributed by atoms with E-state index in [2.05, 4.69) is 507 Å². The molecule has 0 bridgehead atoms. The predicted octanol–water partition coefficient (Wildman–Crippen LogP) is 36.8. The fourth-order valence-electron chi connectivity index (χ4n) is 27.5. The van der Waals surface area contributed by atoms with E-state index in [1.807, 2.05) is 36.4 Å². The van der Waals surface area contributed by atoms with Gasteiger partial charge in [-0.15, -0.1) is 13.2 Å². The summed E-state index contributed by atoms with van der Waals surface area (Å²) < 4.78 is 0. The van der Waals surface area contributed by atoms with Gasteiger partial charge in [0.25, 0.3) is 0 Å². The number of rotatable bonds is 16. The van der Waals surface area contributed by atoms with Crippen LogP contribution in [-0.4, -0.2) is 15.0 Å². The molecule has 0 spiro atoms. The van der Waals surface area contributed by atoms with E-state index < -0.39 is 10.8 Å². The van der Waals surface area contributed by atoms with E-state index >= 15 is 0 Å². The average Bonchev–Trinajstić information content (AvgIpc) is 0.819. The van der Waals surface area contributed by atoms with Crippen molar-refractivity contribution in [1.82, 2.24) is 15.0 Å². The Hall–Kier alpha value is -16.2. The lowest BCUT2D eigenvalue weighted by atomic mass is 9.72. The average molecular weight is 1920 g/mol. The molecular weight excluding hydrogens is 1800 g/mol. The van der Waals surface area contributed by atoms with Gasteiger partial charge in [-0.25, -0.2) is 15.0 Å². The first-order chi connectivity index (χ1) is 71.8. The van der Waals surface area contributed by atoms with Crippen LogP contribution in [0.5, 0.6) is 0 Å². The molecule has 0 radical (unpaired) electrons. The molecule has 7 unspecified atom stereocenters. The number of anilines is 18. The Morgan fingerprint density at radius 3 is 0.730 bits per heavy atom. The molecule has 2 fully saturated rings. The van der Waals surface area contributed by atoms with Gasteiger partial charge in [-0.3, -0.25) is 0 Å². The maximum Gasteiger partial charge on any atom is 0.164 e. The number of hydrogen-bond donors (Lipinski definition) is 0. The monoisotopic (exact) mass is 1920 g/mol. The first-order valence-electron chi connectivity index (χ1n) is 53.1. The van der Waals surface area contributed by atoms with Crippen LogP contribution in [0.25, 0.3) is 34.2 Å². The molecule has 1 aromatic heterocycles. The van der Waals surface area contributed by atoms with Crippen molar-refractivity contribution >= 4 is 102 Å². The summed E-state index contributed by atoms with van der Waals surface area (Å²) in [5, 5.41) is 0. The van der Waals surface area contributed by atoms with E-state index in [0.717, 1.165) is 81.5 Å². The highest BCUT2D eigenvalue weighted by Gasteiger charge is 2.49. The van der Waals surface area contributed by atoms with E-state index in [1.54, 1.807) is 0 Å². The third-order valence-electron chi connectivity index (χ3n) is 35.3. The topological polar surface area (TPSA) is 58.1 Å². The largest absolute Gasteiger partial charge is 0.310 e. The van der Waals surface area contributed by atoms with Crippen molar-refractivity contribution in [3.8, 4) is 34.2 Å². The molecule has 18 aromatic rings. The normalized spacial score (nSPS) is 20.0. The number of allylic oxidation sites excluding steroid dienone is 4. The van der Waals surface area contributed by atoms with E-state index in [4.69, 9.17) is 21.5 Å². The molecule has 724 valence electrons. The number of hydrogen-bond acceptors (Lipinski definition) is 9. The molecule has 8 aliphatic rings. The van der Waals surface area contributed by atoms with E-state index in [1.165, 1.54) is 140 Å². The first-order valence-corrected chi connectivity index (χ1v) is 53.1. The maximum atomic E-state index is 5.24. The molecule has 7 heterocycles. The van der Waals surface area contributed by atoms with Crippen molar-refractivity contribution < 1.29 is 0 Å². The molecule has 9 heteroatoms. The molecule has 2 saturated carbocycles. The summed E-state index contributed by atoms with van der Waals surface area (Å²) in [5.41, 5.74) is 41.6. The molecule has 17 aromatic carbocycles. The zero-order chi connectivity index (χ0) is 101. The highest BCUT2D eigenvalue weighted by molar-refractivity contribution is 5.97. The van der Waals surface area contributed by atoms with E-state index in [0.29, 0.717) is 23.4 Å². The Morgan fingerprint density at radius 1 is 0.209 bits per heavy atom. The maximum absolute atomic E-state index is 5.24. The second-order valence-corrected chi connectivity index (χ2v) is 45.5. The van der Waals surface area contributed by atoms with Crippen LogP contribution in [-0.2, 0) is 32.5 Å². The molecule has 26 rings (SSSR count). The zero-order valence-electron chi connectivity index (χ0n) is 86.5. The summed E-state index contributed by atoms with van der Waals surface area (Å²) in [4.78, 5) is 30.8. The summed E-state index contributed by atoms with van der Waals surface area (Å²) in [6, 6.07) is 151. The quantitative estimate of drug-likeness (QED) is 0.0881. The lowest BCUT2D eigenvalue weighted by molar-refractivity contribution is 0.527. The van der Waals surface area contributed by atoms with Gasteiger partial charge >= 0.3 is 0 Å². The third kappa shape index (κ3) is 14.4. The van der Waals surface area contributed by atoms with E-state index in [9.17, 15) is 0 Å². The molecule has 2 aliphatic carbocycles. The fraction of sp³-hybridized carbons (Fsp3) is 0.201. The lowest BCUT2D eigenvalue weighted by Crippen LogP contribution is -2.33. The number of nitrogens with zero attached hydrogens (tertiary/aromatic N) is 9. The number of para-hydroxylation sites is 8. The second kappa shape index (κ2) is 34.7. The van der Waals surface area contributed by atoms with Crippen LogP contribution >= 0.6 is 0 Å². The Bertz CT molecular complexity index is 7810. The number of aromatic nitrogens is 3. The Morgan fingerprint density at radius 2 is 0.439 bits per heavy atom. The van der Waals surface area contributed by atoms with Crippen LogP contribution in [0.15, 0.2) is 438 Å². The van der Waals surface area contributed by atoms with Crippen molar-refractivity contribution in [2.24, 2.45) is 23.7 Å². The van der Waals surface area contributed by atoms with Gasteiger partial charge in [0.05, 0.1) is 68.2 Å². The predicted molar refractivity (Wildman–Crippen MR) is 615 cm³/mol. The third-order valence-corrected chi connectivity index (χ3v) is 35.3. The summed E-state index contributed by atoms with van der Waals surface area (Å²) >= 11 is 0. The molecular formula is C139H123N9. The number of benzene rings is 17. The summed E-state index contributed by atoms with van der Waals surface area (Å²) in [6.45, 7) is 38.2. The molecule has 7 atom stereocenters. The SMILES string of the molecule is C=CC1CC(/C=C\C2CC(C=C)C(c3ccc(-c4nc(-c5ccccc5)nc(-c5ccccc5)n4)cc3)C2c2ccc(N3c4ccc(N5c6ccccc6C(C)(C)c6ccccc65)cc4C(C)(C)c4cc(N5c6ccccc6C(C)(C)c6ccccc65)ccc43)cc2)CC1c1ccc(N2c3ccc(N4c5ccccc5C(C)(C)c5ccccc54)cc3C(C)(C)c3cc(N4c5ccccc5C(C)(C)c5ccccc54)ccc32)cc1. The molecule has 0 saturated heterocycles. The Balaban J connectivity index is 0.571. The smallest absolute Gasteiger partial charge is 0.164 e. The first kappa shape index (κ1) is 91.7. The van der Waals surface area contributed by atoms with Crippen LogP contribution in [0.2, 0.25) is 0 Å². The standard InChI is InChI=1S/C139H123N9/c1-15-89-81-88(82-104(89)91-65-69-98(70-66-91)143-125-77-73-100(145-117-51-31-23-43-105(117)134(3,4)106-44-24-32-52-118(106)145)84-113(125)138(11,12)114-85-101(74-78-126(114)143)146-119-53-33-25-45-107(119)135(5,6)108-46-26-34-54-120(108)146)59-60-97-83-90(16-2)129(92-61-63-96(64-62-92)133-141-131(94-39-19-17-20-40-94)140-132(142-133)95-41-21-18-22-42-95)130(97)93-67-71-99(72-68-93)144-127-79-75-102(147-121-55-35-27-47-109(121)136(7,8)110-48-28-36-56-122(110)147)86-115(127)139(13,14)116-87-103(76-80-128(116)144)148-123-57-37-29-49-111(123)137(9,10)112-50-30-38-58-124(112)148/h15-80,84-90,97,104,129-130H,1-2,81-83H2,3-14H3/b60-59-. The van der Waals surface area contributed by atoms with Crippen LogP contribution in [0.1, 0.15) is 204 Å². The van der Waals surface area contributed by atoms with Crippen molar-refractivity contribution in [2.75, 3.05) is 29.4 Å². The van der Waals surface area contributed by atoms with Crippen molar-refractivity contribution in [2.45, 2.75) is 153 Å². The van der Waals surface area contributed by atoms with Gasteiger partial charge in [-0.05, 0) is 290 Å². The highest BCUT2D eigenvalue weighted by atomic mass is 15.2. The second-order valence-electron chi connectivity index (χ2n) is 45.5. The fourth-order valence-corrected chi connectivity index (χ4v) is 27.5. The van der Waals surface area contributed by atoms with Gasteiger partial charge in [0, 0.05) is 83.3 Å². The number of fused-ring (bicyclic) bond motifs is 12. The minimum absolute atomic E-state index is 0.0706. The van der Waals surface area contributed by atoms with Crippen LogP contribution in [0.4, 0.5) is 102 Å². The molecule has 0 N–H and O–H groups in total.